The summed E-state index contributed by atoms with van der Waals surface area (Å²) in [5, 5.41) is 10.7. The van der Waals surface area contributed by atoms with E-state index in [1.54, 1.807) is 5.57 Å². The number of rotatable bonds is 11. The molecule has 0 bridgehead atoms. The average molecular weight is 475 g/mol. The number of Topliss-reactive ketones (excluding diaryl/α,β-unsaturated/α-hetero) is 1. The Hall–Kier alpha value is -0.280. The molecule has 3 heteroatoms. The second kappa shape index (κ2) is 11.2. The van der Waals surface area contributed by atoms with Crippen molar-refractivity contribution in [2.45, 2.75) is 130 Å². The van der Waals surface area contributed by atoms with Crippen molar-refractivity contribution in [3.8, 4) is 0 Å². The topological polar surface area (TPSA) is 37.3 Å². The highest BCUT2D eigenvalue weighted by Crippen LogP contribution is 2.65. The van der Waals surface area contributed by atoms with E-state index in [0.717, 1.165) is 43.3 Å². The molecule has 188 valence electrons. The molecule has 4 aliphatic rings. The Kier molecular flexibility index (Phi) is 8.75. The quantitative estimate of drug-likeness (QED) is 0.307. The van der Waals surface area contributed by atoms with Crippen LogP contribution in [0.5, 0.6) is 0 Å². The second-order valence-corrected chi connectivity index (χ2v) is 13.5. The fraction of sp³-hybridized carbons (Fsp3) is 0.900. The van der Waals surface area contributed by atoms with Crippen LogP contribution >= 0.6 is 11.8 Å². The fourth-order valence-corrected chi connectivity index (χ4v) is 9.57. The molecule has 0 aromatic heterocycles. The summed E-state index contributed by atoms with van der Waals surface area (Å²) >= 11 is 2.02. The van der Waals surface area contributed by atoms with E-state index in [2.05, 4.69) is 20.8 Å². The average Bonchev–Trinajstić information content (AvgIpc) is 3.11. The molecule has 2 nitrogen and oxygen atoms in total. The monoisotopic (exact) mass is 474 g/mol. The number of allylic oxidation sites excluding steroid dienone is 1. The molecule has 0 unspecified atom stereocenters. The summed E-state index contributed by atoms with van der Waals surface area (Å²) < 4.78 is 0. The Bertz CT molecular complexity index is 714. The Balaban J connectivity index is 1.32. The van der Waals surface area contributed by atoms with Crippen LogP contribution in [-0.4, -0.2) is 28.5 Å². The zero-order chi connectivity index (χ0) is 23.5. The normalized spacial score (nSPS) is 38.2. The first-order valence-electron chi connectivity index (χ1n) is 14.4. The van der Waals surface area contributed by atoms with Crippen LogP contribution in [0.15, 0.2) is 11.1 Å². The lowest BCUT2D eigenvalue weighted by atomic mass is 9.47. The number of unbranched alkanes of at least 4 members (excludes halogenated alkanes) is 7. The van der Waals surface area contributed by atoms with Gasteiger partial charge in [-0.25, -0.2) is 0 Å². The van der Waals surface area contributed by atoms with Crippen molar-refractivity contribution >= 4 is 17.5 Å². The standard InChI is InChI=1S/C30H50O2S/c1-4-5-6-7-8-9-10-11-20-33-21-23-25-13-12-22-24-14-15-28(32)30(24,3)18-16-26(22)29(25,2)19-17-27(23)31/h22,24,26,28,32H,4-21H2,1-3H3/t22-,24-,26-,28-,29-,30-/m0/s1. The summed E-state index contributed by atoms with van der Waals surface area (Å²) in [6.45, 7) is 7.17. The van der Waals surface area contributed by atoms with Gasteiger partial charge in [-0.15, -0.1) is 0 Å². The molecule has 3 fully saturated rings. The molecule has 33 heavy (non-hydrogen) atoms. The minimum absolute atomic E-state index is 0.0931. The van der Waals surface area contributed by atoms with Gasteiger partial charge in [0, 0.05) is 17.7 Å². The van der Waals surface area contributed by atoms with Gasteiger partial charge in [0.25, 0.3) is 0 Å². The van der Waals surface area contributed by atoms with Crippen molar-refractivity contribution in [3.63, 3.8) is 0 Å². The smallest absolute Gasteiger partial charge is 0.159 e. The van der Waals surface area contributed by atoms with E-state index < -0.39 is 0 Å². The summed E-state index contributed by atoms with van der Waals surface area (Å²) in [7, 11) is 0. The van der Waals surface area contributed by atoms with Crippen molar-refractivity contribution in [2.75, 3.05) is 11.5 Å². The van der Waals surface area contributed by atoms with Crippen LogP contribution in [-0.2, 0) is 4.79 Å². The Morgan fingerprint density at radius 3 is 2.36 bits per heavy atom. The van der Waals surface area contributed by atoms with E-state index in [-0.39, 0.29) is 16.9 Å². The molecule has 4 rings (SSSR count). The Morgan fingerprint density at radius 1 is 0.879 bits per heavy atom. The van der Waals surface area contributed by atoms with Crippen molar-refractivity contribution in [1.82, 2.24) is 0 Å². The first kappa shape index (κ1) is 25.8. The highest BCUT2D eigenvalue weighted by Gasteiger charge is 2.59. The number of carbonyl (C=O) groups excluding carboxylic acids is 1. The maximum Gasteiger partial charge on any atom is 0.159 e. The highest BCUT2D eigenvalue weighted by atomic mass is 32.2. The molecule has 4 aliphatic carbocycles. The lowest BCUT2D eigenvalue weighted by molar-refractivity contribution is -0.119. The molecule has 0 spiro atoms. The van der Waals surface area contributed by atoms with E-state index in [1.807, 2.05) is 11.8 Å². The van der Waals surface area contributed by atoms with Crippen LogP contribution in [0.25, 0.3) is 0 Å². The summed E-state index contributed by atoms with van der Waals surface area (Å²) in [4.78, 5) is 13.0. The van der Waals surface area contributed by atoms with E-state index in [4.69, 9.17) is 0 Å². The summed E-state index contributed by atoms with van der Waals surface area (Å²) in [5.41, 5.74) is 3.18. The lowest BCUT2D eigenvalue weighted by Gasteiger charge is -2.58. The minimum atomic E-state index is -0.0931. The predicted molar refractivity (Wildman–Crippen MR) is 142 cm³/mol. The van der Waals surface area contributed by atoms with Gasteiger partial charge in [0.2, 0.25) is 0 Å². The third kappa shape index (κ3) is 5.16. The van der Waals surface area contributed by atoms with E-state index in [1.165, 1.54) is 88.4 Å². The molecule has 3 saturated carbocycles. The number of ketones is 1. The zero-order valence-corrected chi connectivity index (χ0v) is 22.6. The summed E-state index contributed by atoms with van der Waals surface area (Å²) in [6.07, 6.45) is 19.8. The molecule has 0 aliphatic heterocycles. The Labute approximate surface area is 208 Å². The van der Waals surface area contributed by atoms with Crippen LogP contribution in [0.2, 0.25) is 0 Å². The largest absolute Gasteiger partial charge is 0.393 e. The van der Waals surface area contributed by atoms with Gasteiger partial charge < -0.3 is 5.11 Å². The molecular weight excluding hydrogens is 424 g/mol. The molecule has 0 heterocycles. The van der Waals surface area contributed by atoms with Gasteiger partial charge in [-0.3, -0.25) is 4.79 Å². The van der Waals surface area contributed by atoms with Gasteiger partial charge in [0.05, 0.1) is 6.10 Å². The van der Waals surface area contributed by atoms with Gasteiger partial charge in [-0.05, 0) is 85.7 Å². The van der Waals surface area contributed by atoms with E-state index in [9.17, 15) is 9.90 Å². The van der Waals surface area contributed by atoms with Gasteiger partial charge in [-0.2, -0.15) is 11.8 Å². The fourth-order valence-electron chi connectivity index (χ4n) is 8.48. The third-order valence-corrected chi connectivity index (χ3v) is 11.7. The molecule has 0 aromatic carbocycles. The maximum absolute atomic E-state index is 13.0. The number of hydrogen-bond acceptors (Lipinski definition) is 3. The van der Waals surface area contributed by atoms with Crippen LogP contribution in [0.1, 0.15) is 124 Å². The summed E-state index contributed by atoms with van der Waals surface area (Å²) in [5.74, 6) is 4.81. The Morgan fingerprint density at radius 2 is 1.61 bits per heavy atom. The van der Waals surface area contributed by atoms with Crippen molar-refractivity contribution in [2.24, 2.45) is 28.6 Å². The van der Waals surface area contributed by atoms with Crippen molar-refractivity contribution < 1.29 is 9.90 Å². The van der Waals surface area contributed by atoms with E-state index in [0.29, 0.717) is 11.7 Å². The number of hydrogen-bond donors (Lipinski definition) is 1. The molecule has 1 N–H and O–H groups in total. The van der Waals surface area contributed by atoms with Gasteiger partial charge in [-0.1, -0.05) is 71.3 Å². The SMILES string of the molecule is CCCCCCCCCCSCC1=C2CC[C@H]3[C@@H]4CC[C@H](O)[C@@]4(C)CC[C@@H]3[C@@]2(C)CCC1=O. The molecule has 0 radical (unpaired) electrons. The molecule has 0 aromatic rings. The van der Waals surface area contributed by atoms with Gasteiger partial charge in [0.15, 0.2) is 5.78 Å². The summed E-state index contributed by atoms with van der Waals surface area (Å²) in [6, 6.07) is 0. The van der Waals surface area contributed by atoms with E-state index >= 15 is 0 Å². The zero-order valence-electron chi connectivity index (χ0n) is 21.8. The molecular formula is C30H50O2S. The van der Waals surface area contributed by atoms with Crippen LogP contribution in [0.3, 0.4) is 0 Å². The van der Waals surface area contributed by atoms with Gasteiger partial charge in [0.1, 0.15) is 0 Å². The molecule has 0 amide bonds. The number of thioether (sulfide) groups is 1. The van der Waals surface area contributed by atoms with Gasteiger partial charge >= 0.3 is 0 Å². The van der Waals surface area contributed by atoms with Crippen LogP contribution in [0, 0.1) is 28.6 Å². The van der Waals surface area contributed by atoms with Crippen LogP contribution in [0.4, 0.5) is 0 Å². The number of carbonyl (C=O) groups is 1. The van der Waals surface area contributed by atoms with Crippen LogP contribution < -0.4 is 0 Å². The minimum Gasteiger partial charge on any atom is -0.393 e. The maximum atomic E-state index is 13.0. The predicted octanol–water partition coefficient (Wildman–Crippen LogP) is 8.12. The number of aliphatic hydroxyl groups is 1. The van der Waals surface area contributed by atoms with Crippen molar-refractivity contribution in [3.05, 3.63) is 11.1 Å². The highest BCUT2D eigenvalue weighted by molar-refractivity contribution is 7.99. The number of fused-ring (bicyclic) bond motifs is 5. The third-order valence-electron chi connectivity index (χ3n) is 10.6. The molecule has 6 atom stereocenters. The van der Waals surface area contributed by atoms with Crippen molar-refractivity contribution in [1.29, 1.82) is 0 Å². The molecule has 0 saturated heterocycles. The first-order valence-corrected chi connectivity index (χ1v) is 15.6. The lowest BCUT2D eigenvalue weighted by Crippen LogP contribution is -2.51. The first-order chi connectivity index (χ1) is 15.9. The number of aliphatic hydroxyl groups excluding tert-OH is 1. The second-order valence-electron chi connectivity index (χ2n) is 12.4.